The smallest absolute Gasteiger partial charge is 0.339 e. The molecular formula is C10H11BrO2S. The molecule has 1 aromatic carbocycles. The van der Waals surface area contributed by atoms with E-state index in [0.717, 1.165) is 9.37 Å². The zero-order valence-electron chi connectivity index (χ0n) is 8.04. The minimum absolute atomic E-state index is 0.282. The van der Waals surface area contributed by atoms with Gasteiger partial charge in [0.1, 0.15) is 0 Å². The molecule has 0 radical (unpaired) electrons. The molecule has 2 nitrogen and oxygen atoms in total. The van der Waals surface area contributed by atoms with E-state index in [1.165, 1.54) is 0 Å². The lowest BCUT2D eigenvalue weighted by Gasteiger charge is -2.06. The van der Waals surface area contributed by atoms with Gasteiger partial charge in [0.2, 0.25) is 0 Å². The molecule has 0 unspecified atom stereocenters. The average molecular weight is 275 g/mol. The number of benzene rings is 1. The summed E-state index contributed by atoms with van der Waals surface area (Å²) in [5.41, 5.74) is 0.582. The summed E-state index contributed by atoms with van der Waals surface area (Å²) in [6.45, 7) is 2.19. The van der Waals surface area contributed by atoms with Gasteiger partial charge in [0.15, 0.2) is 0 Å². The van der Waals surface area contributed by atoms with Crippen molar-refractivity contribution in [3.8, 4) is 0 Å². The van der Waals surface area contributed by atoms with Gasteiger partial charge in [0.25, 0.3) is 0 Å². The number of halogens is 1. The van der Waals surface area contributed by atoms with Crippen LogP contribution in [-0.2, 0) is 4.74 Å². The van der Waals surface area contributed by atoms with Crippen molar-refractivity contribution in [2.24, 2.45) is 0 Å². The van der Waals surface area contributed by atoms with Gasteiger partial charge in [0.05, 0.1) is 12.2 Å². The maximum absolute atomic E-state index is 11.5. The quantitative estimate of drug-likeness (QED) is 0.625. The number of rotatable bonds is 3. The van der Waals surface area contributed by atoms with Crippen LogP contribution in [0.3, 0.4) is 0 Å². The molecule has 1 rings (SSSR count). The highest BCUT2D eigenvalue weighted by atomic mass is 79.9. The Labute approximate surface area is 96.2 Å². The Bertz CT molecular complexity index is 339. The molecule has 4 heteroatoms. The van der Waals surface area contributed by atoms with Crippen molar-refractivity contribution >= 4 is 33.7 Å². The van der Waals surface area contributed by atoms with Gasteiger partial charge in [-0.2, -0.15) is 0 Å². The minimum atomic E-state index is -0.282. The topological polar surface area (TPSA) is 26.3 Å². The maximum Gasteiger partial charge on any atom is 0.339 e. The summed E-state index contributed by atoms with van der Waals surface area (Å²) < 4.78 is 5.74. The molecule has 0 aliphatic heterocycles. The van der Waals surface area contributed by atoms with Crippen LogP contribution in [-0.4, -0.2) is 18.8 Å². The number of hydrogen-bond donors (Lipinski definition) is 0. The third kappa shape index (κ3) is 2.51. The van der Waals surface area contributed by atoms with Crippen molar-refractivity contribution in [3.63, 3.8) is 0 Å². The predicted molar refractivity (Wildman–Crippen MR) is 61.9 cm³/mol. The van der Waals surface area contributed by atoms with E-state index in [1.807, 2.05) is 18.4 Å². The van der Waals surface area contributed by atoms with Crippen molar-refractivity contribution in [2.45, 2.75) is 11.8 Å². The standard InChI is InChI=1S/C10H11BrO2S/c1-3-13-10(12)7-5-4-6-8(14-2)9(7)11/h4-6H,3H2,1-2H3. The third-order valence-electron chi connectivity index (χ3n) is 1.68. The van der Waals surface area contributed by atoms with Crippen LogP contribution in [0.1, 0.15) is 17.3 Å². The van der Waals surface area contributed by atoms with Gasteiger partial charge in [-0.05, 0) is 41.2 Å². The number of carbonyl (C=O) groups excluding carboxylic acids is 1. The normalized spacial score (nSPS) is 9.93. The Morgan fingerprint density at radius 1 is 1.57 bits per heavy atom. The minimum Gasteiger partial charge on any atom is -0.462 e. The number of ether oxygens (including phenoxy) is 1. The van der Waals surface area contributed by atoms with E-state index in [4.69, 9.17) is 4.74 Å². The Morgan fingerprint density at radius 2 is 2.29 bits per heavy atom. The third-order valence-corrected chi connectivity index (χ3v) is 3.58. The fourth-order valence-electron chi connectivity index (χ4n) is 1.03. The van der Waals surface area contributed by atoms with Gasteiger partial charge in [-0.1, -0.05) is 6.07 Å². The van der Waals surface area contributed by atoms with Crippen molar-refractivity contribution in [3.05, 3.63) is 28.2 Å². The summed E-state index contributed by atoms with van der Waals surface area (Å²) in [5, 5.41) is 0. The second-order valence-corrected chi connectivity index (χ2v) is 4.18. The molecule has 0 spiro atoms. The molecule has 0 bridgehead atoms. The molecule has 0 saturated heterocycles. The number of thioether (sulfide) groups is 1. The van der Waals surface area contributed by atoms with E-state index in [1.54, 1.807) is 24.8 Å². The van der Waals surface area contributed by atoms with Crippen LogP contribution in [0.15, 0.2) is 27.6 Å². The molecule has 0 saturated carbocycles. The van der Waals surface area contributed by atoms with Gasteiger partial charge < -0.3 is 4.74 Å². The van der Waals surface area contributed by atoms with Crippen LogP contribution in [0, 0.1) is 0 Å². The average Bonchev–Trinajstić information content (AvgIpc) is 2.18. The second-order valence-electron chi connectivity index (χ2n) is 2.54. The Balaban J connectivity index is 3.03. The molecule has 0 N–H and O–H groups in total. The van der Waals surface area contributed by atoms with E-state index in [-0.39, 0.29) is 5.97 Å². The zero-order valence-corrected chi connectivity index (χ0v) is 10.4. The summed E-state index contributed by atoms with van der Waals surface area (Å²) in [7, 11) is 0. The van der Waals surface area contributed by atoms with Gasteiger partial charge in [-0.3, -0.25) is 0 Å². The molecule has 14 heavy (non-hydrogen) atoms. The van der Waals surface area contributed by atoms with Gasteiger partial charge in [0, 0.05) is 9.37 Å². The highest BCUT2D eigenvalue weighted by Crippen LogP contribution is 2.29. The Morgan fingerprint density at radius 3 is 2.86 bits per heavy atom. The summed E-state index contributed by atoms with van der Waals surface area (Å²) >= 11 is 4.98. The second kappa shape index (κ2) is 5.41. The molecular weight excluding hydrogens is 264 g/mol. The molecule has 0 amide bonds. The molecule has 0 aromatic heterocycles. The lowest BCUT2D eigenvalue weighted by Crippen LogP contribution is -2.05. The van der Waals surface area contributed by atoms with Crippen molar-refractivity contribution in [1.82, 2.24) is 0 Å². The highest BCUT2D eigenvalue weighted by molar-refractivity contribution is 9.10. The zero-order chi connectivity index (χ0) is 10.6. The van der Waals surface area contributed by atoms with Gasteiger partial charge in [-0.25, -0.2) is 4.79 Å². The molecule has 0 aliphatic carbocycles. The lowest BCUT2D eigenvalue weighted by molar-refractivity contribution is 0.0525. The molecule has 0 atom stereocenters. The van der Waals surface area contributed by atoms with Crippen LogP contribution in [0.5, 0.6) is 0 Å². The molecule has 0 heterocycles. The summed E-state index contributed by atoms with van der Waals surface area (Å²) in [4.78, 5) is 12.5. The molecule has 0 fully saturated rings. The monoisotopic (exact) mass is 274 g/mol. The van der Waals surface area contributed by atoms with Crippen molar-refractivity contribution in [1.29, 1.82) is 0 Å². The van der Waals surface area contributed by atoms with E-state index in [0.29, 0.717) is 12.2 Å². The lowest BCUT2D eigenvalue weighted by atomic mass is 10.2. The summed E-state index contributed by atoms with van der Waals surface area (Å²) in [6, 6.07) is 5.56. The summed E-state index contributed by atoms with van der Waals surface area (Å²) in [5.74, 6) is -0.282. The predicted octanol–water partition coefficient (Wildman–Crippen LogP) is 3.35. The van der Waals surface area contributed by atoms with Crippen molar-refractivity contribution < 1.29 is 9.53 Å². The SMILES string of the molecule is CCOC(=O)c1cccc(SC)c1Br. The maximum atomic E-state index is 11.5. The highest BCUT2D eigenvalue weighted by Gasteiger charge is 2.12. The first-order valence-corrected chi connectivity index (χ1v) is 6.22. The van der Waals surface area contributed by atoms with Crippen LogP contribution < -0.4 is 0 Å². The fourth-order valence-corrected chi connectivity index (χ4v) is 2.45. The first-order chi connectivity index (χ1) is 6.70. The van der Waals surface area contributed by atoms with E-state index in [2.05, 4.69) is 15.9 Å². The van der Waals surface area contributed by atoms with E-state index < -0.39 is 0 Å². The number of hydrogen-bond acceptors (Lipinski definition) is 3. The van der Waals surface area contributed by atoms with Crippen LogP contribution in [0.25, 0.3) is 0 Å². The van der Waals surface area contributed by atoms with Gasteiger partial charge in [-0.15, -0.1) is 11.8 Å². The van der Waals surface area contributed by atoms with Crippen LogP contribution >= 0.6 is 27.7 Å². The first-order valence-electron chi connectivity index (χ1n) is 4.20. The number of carbonyl (C=O) groups is 1. The van der Waals surface area contributed by atoms with Crippen molar-refractivity contribution in [2.75, 3.05) is 12.9 Å². The largest absolute Gasteiger partial charge is 0.462 e. The molecule has 0 aliphatic rings. The molecule has 76 valence electrons. The van der Waals surface area contributed by atoms with Crippen LogP contribution in [0.4, 0.5) is 0 Å². The number of esters is 1. The Kier molecular flexibility index (Phi) is 4.48. The summed E-state index contributed by atoms with van der Waals surface area (Å²) in [6.07, 6.45) is 1.97. The van der Waals surface area contributed by atoms with Gasteiger partial charge >= 0.3 is 5.97 Å². The Hall–Kier alpha value is -0.480. The van der Waals surface area contributed by atoms with E-state index in [9.17, 15) is 4.79 Å². The fraction of sp³-hybridized carbons (Fsp3) is 0.300. The van der Waals surface area contributed by atoms with E-state index >= 15 is 0 Å². The van der Waals surface area contributed by atoms with Crippen LogP contribution in [0.2, 0.25) is 0 Å². The first kappa shape index (κ1) is 11.6. The molecule has 1 aromatic rings.